The zero-order valence-electron chi connectivity index (χ0n) is 13.3. The predicted octanol–water partition coefficient (Wildman–Crippen LogP) is 3.14. The number of carbonyl (C=O) groups is 1. The minimum Gasteiger partial charge on any atom is -0.391 e. The van der Waals surface area contributed by atoms with E-state index in [0.29, 0.717) is 0 Å². The number of hydrogen-bond acceptors (Lipinski definition) is 2. The van der Waals surface area contributed by atoms with Gasteiger partial charge in [-0.25, -0.2) is 4.79 Å². The van der Waals surface area contributed by atoms with Crippen LogP contribution >= 0.6 is 0 Å². The molecule has 0 aliphatic heterocycles. The van der Waals surface area contributed by atoms with Gasteiger partial charge in [0.15, 0.2) is 0 Å². The van der Waals surface area contributed by atoms with Crippen molar-refractivity contribution in [1.82, 2.24) is 5.32 Å². The zero-order chi connectivity index (χ0) is 15.5. The van der Waals surface area contributed by atoms with Crippen molar-refractivity contribution in [1.29, 1.82) is 0 Å². The van der Waals surface area contributed by atoms with Crippen LogP contribution in [0.15, 0.2) is 12.1 Å². The maximum Gasteiger partial charge on any atom is 0.319 e. The standard InChI is InChI=1S/C16H26N2O2/c1-10-7-11(2)14(12(3)8-10)18-15(20)17-9-13(19)16(4,5)6/h7-8,13,19H,9H2,1-6H3,(H2,17,18,20). The first-order valence-corrected chi connectivity index (χ1v) is 6.92. The molecule has 20 heavy (non-hydrogen) atoms. The maximum absolute atomic E-state index is 11.9. The molecule has 0 radical (unpaired) electrons. The topological polar surface area (TPSA) is 61.4 Å². The Morgan fingerprint density at radius 1 is 1.20 bits per heavy atom. The van der Waals surface area contributed by atoms with Crippen LogP contribution in [0.4, 0.5) is 10.5 Å². The van der Waals surface area contributed by atoms with E-state index < -0.39 is 6.10 Å². The van der Waals surface area contributed by atoms with Crippen molar-refractivity contribution < 1.29 is 9.90 Å². The van der Waals surface area contributed by atoms with Crippen LogP contribution in [0, 0.1) is 26.2 Å². The Kier molecular flexibility index (Phi) is 5.17. The fourth-order valence-electron chi connectivity index (χ4n) is 2.03. The van der Waals surface area contributed by atoms with Crippen molar-refractivity contribution >= 4 is 11.7 Å². The first-order chi connectivity index (χ1) is 9.11. The second-order valence-electron chi connectivity index (χ2n) is 6.49. The van der Waals surface area contributed by atoms with E-state index in [2.05, 4.69) is 10.6 Å². The summed E-state index contributed by atoms with van der Waals surface area (Å²) in [4.78, 5) is 11.9. The van der Waals surface area contributed by atoms with E-state index in [1.54, 1.807) is 0 Å². The Bertz CT molecular complexity index is 467. The zero-order valence-corrected chi connectivity index (χ0v) is 13.3. The minimum atomic E-state index is -0.575. The Balaban J connectivity index is 2.64. The second-order valence-corrected chi connectivity index (χ2v) is 6.49. The molecule has 0 bridgehead atoms. The molecule has 1 atom stereocenters. The van der Waals surface area contributed by atoms with Crippen LogP contribution in [0.2, 0.25) is 0 Å². The van der Waals surface area contributed by atoms with Gasteiger partial charge in [0.1, 0.15) is 0 Å². The van der Waals surface area contributed by atoms with Crippen LogP contribution in [0.5, 0.6) is 0 Å². The van der Waals surface area contributed by atoms with Gasteiger partial charge in [0.2, 0.25) is 0 Å². The molecule has 4 heteroatoms. The fourth-order valence-corrected chi connectivity index (χ4v) is 2.03. The number of urea groups is 1. The smallest absolute Gasteiger partial charge is 0.319 e. The Morgan fingerprint density at radius 2 is 1.70 bits per heavy atom. The number of aryl methyl sites for hydroxylation is 3. The first-order valence-electron chi connectivity index (χ1n) is 6.92. The maximum atomic E-state index is 11.9. The van der Waals surface area contributed by atoms with Crippen molar-refractivity contribution in [2.45, 2.75) is 47.6 Å². The largest absolute Gasteiger partial charge is 0.391 e. The van der Waals surface area contributed by atoms with Crippen molar-refractivity contribution in [3.8, 4) is 0 Å². The summed E-state index contributed by atoms with van der Waals surface area (Å²) in [6.07, 6.45) is -0.575. The molecule has 0 saturated heterocycles. The van der Waals surface area contributed by atoms with Gasteiger partial charge in [-0.1, -0.05) is 38.5 Å². The monoisotopic (exact) mass is 278 g/mol. The summed E-state index contributed by atoms with van der Waals surface area (Å²) in [6.45, 7) is 12.0. The lowest BCUT2D eigenvalue weighted by molar-refractivity contribution is 0.0654. The lowest BCUT2D eigenvalue weighted by atomic mass is 9.89. The van der Waals surface area contributed by atoms with Gasteiger partial charge < -0.3 is 15.7 Å². The summed E-state index contributed by atoms with van der Waals surface area (Å²) in [5.41, 5.74) is 3.83. The van der Waals surface area contributed by atoms with E-state index in [1.165, 1.54) is 5.56 Å². The fraction of sp³-hybridized carbons (Fsp3) is 0.562. The summed E-state index contributed by atoms with van der Waals surface area (Å²) in [5, 5.41) is 15.5. The van der Waals surface area contributed by atoms with Crippen LogP contribution in [-0.2, 0) is 0 Å². The molecule has 112 valence electrons. The molecule has 0 fully saturated rings. The minimum absolute atomic E-state index is 0.235. The number of benzene rings is 1. The molecule has 4 nitrogen and oxygen atoms in total. The van der Waals surface area contributed by atoms with Crippen molar-refractivity contribution in [3.63, 3.8) is 0 Å². The Hall–Kier alpha value is -1.55. The van der Waals surface area contributed by atoms with Crippen LogP contribution in [0.1, 0.15) is 37.5 Å². The molecule has 0 aliphatic carbocycles. The molecule has 1 aromatic carbocycles. The first kappa shape index (κ1) is 16.5. The van der Waals surface area contributed by atoms with Gasteiger partial charge >= 0.3 is 6.03 Å². The van der Waals surface area contributed by atoms with Crippen LogP contribution in [0.25, 0.3) is 0 Å². The molecule has 1 aromatic rings. The number of hydrogen-bond donors (Lipinski definition) is 3. The van der Waals surface area contributed by atoms with Crippen molar-refractivity contribution in [2.24, 2.45) is 5.41 Å². The number of carbonyl (C=O) groups excluding carboxylic acids is 1. The normalized spacial score (nSPS) is 12.9. The lowest BCUT2D eigenvalue weighted by Gasteiger charge is -2.26. The van der Waals surface area contributed by atoms with E-state index in [9.17, 15) is 9.90 Å². The SMILES string of the molecule is Cc1cc(C)c(NC(=O)NCC(O)C(C)(C)C)c(C)c1. The Morgan fingerprint density at radius 3 is 2.15 bits per heavy atom. The summed E-state index contributed by atoms with van der Waals surface area (Å²) >= 11 is 0. The van der Waals surface area contributed by atoms with Gasteiger partial charge in [-0.05, 0) is 37.3 Å². The number of rotatable bonds is 3. The predicted molar refractivity (Wildman–Crippen MR) is 83.1 cm³/mol. The molecule has 0 spiro atoms. The van der Waals surface area contributed by atoms with Gasteiger partial charge in [0.05, 0.1) is 6.10 Å². The molecular formula is C16H26N2O2. The number of aliphatic hydroxyl groups excluding tert-OH is 1. The average molecular weight is 278 g/mol. The molecule has 3 N–H and O–H groups in total. The van der Waals surface area contributed by atoms with Crippen molar-refractivity contribution in [3.05, 3.63) is 28.8 Å². The number of anilines is 1. The molecule has 0 saturated carbocycles. The Labute approximate surface area is 121 Å². The molecule has 1 unspecified atom stereocenters. The van der Waals surface area contributed by atoms with Crippen LogP contribution < -0.4 is 10.6 Å². The van der Waals surface area contributed by atoms with E-state index in [4.69, 9.17) is 0 Å². The quantitative estimate of drug-likeness (QED) is 0.795. The van der Waals surface area contributed by atoms with E-state index in [1.807, 2.05) is 53.7 Å². The van der Waals surface area contributed by atoms with E-state index >= 15 is 0 Å². The average Bonchev–Trinajstić information content (AvgIpc) is 2.29. The van der Waals surface area contributed by atoms with E-state index in [-0.39, 0.29) is 18.0 Å². The third kappa shape index (κ3) is 4.53. The number of amides is 2. The molecule has 1 rings (SSSR count). The molecule has 0 aromatic heterocycles. The highest BCUT2D eigenvalue weighted by atomic mass is 16.3. The number of nitrogens with one attached hydrogen (secondary N) is 2. The highest BCUT2D eigenvalue weighted by molar-refractivity contribution is 5.91. The van der Waals surface area contributed by atoms with Gasteiger partial charge in [-0.15, -0.1) is 0 Å². The number of aliphatic hydroxyl groups is 1. The highest BCUT2D eigenvalue weighted by Crippen LogP contribution is 2.22. The van der Waals surface area contributed by atoms with E-state index in [0.717, 1.165) is 16.8 Å². The summed E-state index contributed by atoms with van der Waals surface area (Å²) in [5.74, 6) is 0. The van der Waals surface area contributed by atoms with Gasteiger partial charge in [0.25, 0.3) is 0 Å². The van der Waals surface area contributed by atoms with Gasteiger partial charge in [-0.3, -0.25) is 0 Å². The van der Waals surface area contributed by atoms with Gasteiger partial charge in [0, 0.05) is 12.2 Å². The lowest BCUT2D eigenvalue weighted by Crippen LogP contribution is -2.41. The second kappa shape index (κ2) is 6.27. The molecule has 0 aliphatic rings. The van der Waals surface area contributed by atoms with Gasteiger partial charge in [-0.2, -0.15) is 0 Å². The third-order valence-electron chi connectivity index (χ3n) is 3.37. The molecule has 2 amide bonds. The summed E-state index contributed by atoms with van der Waals surface area (Å²) in [6, 6.07) is 3.78. The van der Waals surface area contributed by atoms with Crippen LogP contribution in [-0.4, -0.2) is 23.8 Å². The summed E-state index contributed by atoms with van der Waals surface area (Å²) < 4.78 is 0. The molecule has 0 heterocycles. The molecular weight excluding hydrogens is 252 g/mol. The summed E-state index contributed by atoms with van der Waals surface area (Å²) in [7, 11) is 0. The van der Waals surface area contributed by atoms with Crippen molar-refractivity contribution in [2.75, 3.05) is 11.9 Å². The van der Waals surface area contributed by atoms with Crippen LogP contribution in [0.3, 0.4) is 0 Å². The highest BCUT2D eigenvalue weighted by Gasteiger charge is 2.22. The third-order valence-corrected chi connectivity index (χ3v) is 3.37.